The van der Waals surface area contributed by atoms with Crippen molar-refractivity contribution in [2.45, 2.75) is 11.4 Å². The number of carbonyl (C=O) groups excluding carboxylic acids is 1. The SMILES string of the molecule is NC(=O)c1cccc(-c2ccccc2SNc2ccc(NNCc3cccnc3)cc2)c1. The van der Waals surface area contributed by atoms with Crippen LogP contribution in [0.3, 0.4) is 0 Å². The molecule has 0 aliphatic heterocycles. The first-order chi connectivity index (χ1) is 15.7. The number of primary amides is 1. The molecule has 0 fully saturated rings. The van der Waals surface area contributed by atoms with Gasteiger partial charge >= 0.3 is 0 Å². The maximum Gasteiger partial charge on any atom is 0.248 e. The fraction of sp³-hybridized carbons (Fsp3) is 0.0400. The smallest absolute Gasteiger partial charge is 0.248 e. The van der Waals surface area contributed by atoms with E-state index in [1.54, 1.807) is 12.3 Å². The lowest BCUT2D eigenvalue weighted by Gasteiger charge is -2.12. The molecule has 32 heavy (non-hydrogen) atoms. The normalized spacial score (nSPS) is 10.5. The Hall–Kier alpha value is -3.81. The first-order valence-electron chi connectivity index (χ1n) is 10.1. The molecule has 0 radical (unpaired) electrons. The summed E-state index contributed by atoms with van der Waals surface area (Å²) in [5, 5.41) is 0. The van der Waals surface area contributed by atoms with Crippen molar-refractivity contribution < 1.29 is 4.79 Å². The van der Waals surface area contributed by atoms with E-state index >= 15 is 0 Å². The number of benzene rings is 3. The molecule has 0 saturated heterocycles. The molecule has 0 aliphatic carbocycles. The minimum Gasteiger partial charge on any atom is -0.366 e. The molecule has 4 aromatic rings. The summed E-state index contributed by atoms with van der Waals surface area (Å²) in [6.45, 7) is 0.678. The van der Waals surface area contributed by atoms with Crippen LogP contribution >= 0.6 is 11.9 Å². The maximum atomic E-state index is 11.5. The highest BCUT2D eigenvalue weighted by Crippen LogP contribution is 2.32. The van der Waals surface area contributed by atoms with Crippen molar-refractivity contribution in [1.29, 1.82) is 0 Å². The van der Waals surface area contributed by atoms with E-state index in [0.717, 1.165) is 33.0 Å². The van der Waals surface area contributed by atoms with Crippen molar-refractivity contribution in [2.75, 3.05) is 10.1 Å². The van der Waals surface area contributed by atoms with Crippen LogP contribution in [0.15, 0.2) is 102 Å². The van der Waals surface area contributed by atoms with Crippen LogP contribution < -0.4 is 21.3 Å². The van der Waals surface area contributed by atoms with Gasteiger partial charge in [-0.2, -0.15) is 0 Å². The molecule has 1 heterocycles. The van der Waals surface area contributed by atoms with Crippen LogP contribution in [0.5, 0.6) is 0 Å². The summed E-state index contributed by atoms with van der Waals surface area (Å²) in [6, 6.07) is 27.4. The quantitative estimate of drug-likeness (QED) is 0.214. The molecule has 6 nitrogen and oxygen atoms in total. The summed E-state index contributed by atoms with van der Waals surface area (Å²) in [4.78, 5) is 16.7. The van der Waals surface area contributed by atoms with Crippen molar-refractivity contribution >= 4 is 29.2 Å². The summed E-state index contributed by atoms with van der Waals surface area (Å²) in [7, 11) is 0. The predicted octanol–water partition coefficient (Wildman–Crippen LogP) is 5.08. The van der Waals surface area contributed by atoms with Gasteiger partial charge in [-0.15, -0.1) is 0 Å². The molecular formula is C25H23N5OS. The van der Waals surface area contributed by atoms with Crippen molar-refractivity contribution in [3.63, 3.8) is 0 Å². The molecule has 0 bridgehead atoms. The summed E-state index contributed by atoms with van der Waals surface area (Å²) >= 11 is 1.52. The van der Waals surface area contributed by atoms with Crippen LogP contribution in [0.25, 0.3) is 11.1 Å². The minimum atomic E-state index is -0.432. The molecule has 0 aliphatic rings. The lowest BCUT2D eigenvalue weighted by molar-refractivity contribution is 0.100. The van der Waals surface area contributed by atoms with Gasteiger partial charge in [0, 0.05) is 40.8 Å². The zero-order valence-corrected chi connectivity index (χ0v) is 18.1. The molecule has 5 N–H and O–H groups in total. The molecule has 160 valence electrons. The number of aromatic nitrogens is 1. The van der Waals surface area contributed by atoms with E-state index in [4.69, 9.17) is 5.73 Å². The van der Waals surface area contributed by atoms with Crippen LogP contribution in [0, 0.1) is 0 Å². The Morgan fingerprint density at radius 3 is 2.50 bits per heavy atom. The highest BCUT2D eigenvalue weighted by Gasteiger charge is 2.08. The van der Waals surface area contributed by atoms with Gasteiger partial charge in [0.1, 0.15) is 0 Å². The van der Waals surface area contributed by atoms with E-state index in [-0.39, 0.29) is 0 Å². The highest BCUT2D eigenvalue weighted by atomic mass is 32.2. The molecule has 7 heteroatoms. The summed E-state index contributed by atoms with van der Waals surface area (Å²) in [5.74, 6) is -0.432. The van der Waals surface area contributed by atoms with Crippen LogP contribution in [-0.4, -0.2) is 10.9 Å². The monoisotopic (exact) mass is 441 g/mol. The Bertz CT molecular complexity index is 1180. The topological polar surface area (TPSA) is 92.1 Å². The Balaban J connectivity index is 1.37. The van der Waals surface area contributed by atoms with Crippen LogP contribution in [0.2, 0.25) is 0 Å². The van der Waals surface area contributed by atoms with E-state index in [2.05, 4.69) is 20.6 Å². The molecule has 3 aromatic carbocycles. The largest absolute Gasteiger partial charge is 0.366 e. The van der Waals surface area contributed by atoms with E-state index in [0.29, 0.717) is 12.1 Å². The van der Waals surface area contributed by atoms with Gasteiger partial charge in [0.25, 0.3) is 0 Å². The predicted molar refractivity (Wildman–Crippen MR) is 131 cm³/mol. The molecule has 0 saturated carbocycles. The average Bonchev–Trinajstić information content (AvgIpc) is 2.84. The van der Waals surface area contributed by atoms with Crippen molar-refractivity contribution in [3.05, 3.63) is 108 Å². The van der Waals surface area contributed by atoms with Crippen molar-refractivity contribution in [3.8, 4) is 11.1 Å². The van der Waals surface area contributed by atoms with Crippen molar-refractivity contribution in [2.24, 2.45) is 5.73 Å². The minimum absolute atomic E-state index is 0.432. The number of hydrazine groups is 1. The first kappa shape index (κ1) is 21.4. The van der Waals surface area contributed by atoms with Crippen molar-refractivity contribution in [1.82, 2.24) is 10.4 Å². The van der Waals surface area contributed by atoms with E-state index < -0.39 is 5.91 Å². The zero-order valence-electron chi connectivity index (χ0n) is 17.3. The average molecular weight is 442 g/mol. The second-order valence-electron chi connectivity index (χ2n) is 7.06. The lowest BCUT2D eigenvalue weighted by atomic mass is 10.0. The standard InChI is InChI=1S/C25H23N5OS/c26-25(31)20-7-3-6-19(15-20)23-8-1-2-9-24(23)32-30-22-12-10-21(11-13-22)29-28-17-18-5-4-14-27-16-18/h1-16,28-30H,17H2,(H2,26,31). The second kappa shape index (κ2) is 10.5. The van der Waals surface area contributed by atoms with E-state index in [9.17, 15) is 4.79 Å². The maximum absolute atomic E-state index is 11.5. The molecule has 0 unspecified atom stereocenters. The van der Waals surface area contributed by atoms with Gasteiger partial charge in [-0.3, -0.25) is 9.78 Å². The third kappa shape index (κ3) is 5.66. The number of nitrogens with zero attached hydrogens (tertiary/aromatic N) is 1. The number of carbonyl (C=O) groups is 1. The number of rotatable bonds is 9. The molecular weight excluding hydrogens is 418 g/mol. The molecule has 0 spiro atoms. The first-order valence-corrected chi connectivity index (χ1v) is 10.9. The molecule has 4 rings (SSSR count). The lowest BCUT2D eigenvalue weighted by Crippen LogP contribution is -2.20. The highest BCUT2D eigenvalue weighted by molar-refractivity contribution is 8.00. The molecule has 1 amide bonds. The Morgan fingerprint density at radius 1 is 0.906 bits per heavy atom. The van der Waals surface area contributed by atoms with Gasteiger partial charge in [-0.05, 0) is 77.2 Å². The summed E-state index contributed by atoms with van der Waals surface area (Å²) in [5.41, 5.74) is 17.3. The van der Waals surface area contributed by atoms with Crippen LogP contribution in [0.1, 0.15) is 15.9 Å². The van der Waals surface area contributed by atoms with Gasteiger partial charge in [0.05, 0.1) is 0 Å². The van der Waals surface area contributed by atoms with Crippen LogP contribution in [-0.2, 0) is 6.54 Å². The zero-order chi connectivity index (χ0) is 22.2. The third-order valence-electron chi connectivity index (χ3n) is 4.76. The number of hydrogen-bond acceptors (Lipinski definition) is 6. The van der Waals surface area contributed by atoms with Crippen LogP contribution in [0.4, 0.5) is 11.4 Å². The van der Waals surface area contributed by atoms with E-state index in [1.807, 2.05) is 85.1 Å². The Labute approximate surface area is 191 Å². The second-order valence-corrected chi connectivity index (χ2v) is 7.91. The fourth-order valence-electron chi connectivity index (χ4n) is 3.12. The Kier molecular flexibility index (Phi) is 7.01. The van der Waals surface area contributed by atoms with Gasteiger partial charge in [0.2, 0.25) is 5.91 Å². The number of nitrogens with one attached hydrogen (secondary N) is 3. The number of hydrogen-bond donors (Lipinski definition) is 4. The summed E-state index contributed by atoms with van der Waals surface area (Å²) in [6.07, 6.45) is 3.60. The van der Waals surface area contributed by atoms with Gasteiger partial charge in [-0.1, -0.05) is 36.4 Å². The number of anilines is 2. The number of nitrogens with two attached hydrogens (primary N) is 1. The Morgan fingerprint density at radius 2 is 1.72 bits per heavy atom. The molecule has 0 atom stereocenters. The third-order valence-corrected chi connectivity index (χ3v) is 5.67. The van der Waals surface area contributed by atoms with Gasteiger partial charge in [0.15, 0.2) is 0 Å². The fourth-order valence-corrected chi connectivity index (χ4v) is 3.93. The summed E-state index contributed by atoms with van der Waals surface area (Å²) < 4.78 is 3.39. The van der Waals surface area contributed by atoms with Gasteiger partial charge < -0.3 is 15.9 Å². The van der Waals surface area contributed by atoms with Gasteiger partial charge in [-0.25, -0.2) is 5.43 Å². The van der Waals surface area contributed by atoms with E-state index in [1.165, 1.54) is 11.9 Å². The molecule has 1 aromatic heterocycles. The number of pyridine rings is 1. The number of amides is 1.